The second kappa shape index (κ2) is 9.41. The van der Waals surface area contributed by atoms with Crippen molar-refractivity contribution in [3.8, 4) is 0 Å². The Balaban J connectivity index is 1.46. The summed E-state index contributed by atoms with van der Waals surface area (Å²) in [5.74, 6) is 0.817. The first-order valence-corrected chi connectivity index (χ1v) is 9.60. The molecule has 0 bridgehead atoms. The van der Waals surface area contributed by atoms with Crippen LogP contribution in [0.25, 0.3) is 0 Å². The fraction of sp³-hybridized carbons (Fsp3) is 0.700. The molecule has 1 aromatic rings. The number of hydrogen-bond donors (Lipinski definition) is 2. The molecule has 2 atom stereocenters. The van der Waals surface area contributed by atoms with Crippen molar-refractivity contribution in [2.24, 2.45) is 5.92 Å². The predicted octanol–water partition coefficient (Wildman–Crippen LogP) is 3.02. The van der Waals surface area contributed by atoms with Crippen molar-refractivity contribution in [1.29, 1.82) is 0 Å². The van der Waals surface area contributed by atoms with Crippen molar-refractivity contribution >= 4 is 0 Å². The Labute approximate surface area is 141 Å². The van der Waals surface area contributed by atoms with Crippen LogP contribution in [-0.4, -0.2) is 43.7 Å². The van der Waals surface area contributed by atoms with E-state index in [1.807, 2.05) is 0 Å². The molecule has 3 rings (SSSR count). The molecule has 3 nitrogen and oxygen atoms in total. The van der Waals surface area contributed by atoms with Crippen LogP contribution in [0.5, 0.6) is 0 Å². The van der Waals surface area contributed by atoms with E-state index in [2.05, 4.69) is 45.9 Å². The summed E-state index contributed by atoms with van der Waals surface area (Å²) in [6.45, 7) is 7.22. The van der Waals surface area contributed by atoms with Crippen LogP contribution in [-0.2, 0) is 6.54 Å². The lowest BCUT2D eigenvalue weighted by Gasteiger charge is -2.26. The molecule has 3 heteroatoms. The smallest absolute Gasteiger partial charge is 0.0233 e. The quantitative estimate of drug-likeness (QED) is 0.874. The molecule has 2 fully saturated rings. The van der Waals surface area contributed by atoms with E-state index >= 15 is 0 Å². The minimum atomic E-state index is 0.732. The van der Waals surface area contributed by atoms with Crippen molar-refractivity contribution in [3.63, 3.8) is 0 Å². The maximum atomic E-state index is 3.88. The van der Waals surface area contributed by atoms with Gasteiger partial charge in [0, 0.05) is 19.1 Å². The summed E-state index contributed by atoms with van der Waals surface area (Å²) >= 11 is 0. The molecule has 128 valence electrons. The molecular weight excluding hydrogens is 282 g/mol. The molecule has 0 spiro atoms. The SMILES string of the molecule is c1ccc(CN2CCCCC(CNC3CCCNCC3)C2)cc1. The minimum Gasteiger partial charge on any atom is -0.317 e. The molecule has 23 heavy (non-hydrogen) atoms. The van der Waals surface area contributed by atoms with E-state index in [1.165, 1.54) is 76.8 Å². The Morgan fingerprint density at radius 2 is 1.91 bits per heavy atom. The summed E-state index contributed by atoms with van der Waals surface area (Å²) < 4.78 is 0. The molecule has 2 aliphatic heterocycles. The van der Waals surface area contributed by atoms with Crippen LogP contribution in [0.15, 0.2) is 30.3 Å². The Bertz CT molecular complexity index is 426. The summed E-state index contributed by atoms with van der Waals surface area (Å²) in [6.07, 6.45) is 8.10. The van der Waals surface area contributed by atoms with Gasteiger partial charge in [0.2, 0.25) is 0 Å². The molecule has 0 aliphatic carbocycles. The summed E-state index contributed by atoms with van der Waals surface area (Å²) in [7, 11) is 0. The van der Waals surface area contributed by atoms with Gasteiger partial charge in [-0.25, -0.2) is 0 Å². The highest BCUT2D eigenvalue weighted by Crippen LogP contribution is 2.18. The third-order valence-electron chi connectivity index (χ3n) is 5.37. The Morgan fingerprint density at radius 3 is 2.83 bits per heavy atom. The molecule has 0 radical (unpaired) electrons. The van der Waals surface area contributed by atoms with E-state index in [0.29, 0.717) is 0 Å². The third-order valence-corrected chi connectivity index (χ3v) is 5.37. The van der Waals surface area contributed by atoms with Crippen molar-refractivity contribution in [2.45, 2.75) is 51.1 Å². The van der Waals surface area contributed by atoms with E-state index in [9.17, 15) is 0 Å². The van der Waals surface area contributed by atoms with Crippen LogP contribution < -0.4 is 10.6 Å². The van der Waals surface area contributed by atoms with Gasteiger partial charge in [0.05, 0.1) is 0 Å². The lowest BCUT2D eigenvalue weighted by atomic mass is 10.0. The van der Waals surface area contributed by atoms with Gasteiger partial charge < -0.3 is 10.6 Å². The first kappa shape index (κ1) is 16.9. The summed E-state index contributed by atoms with van der Waals surface area (Å²) in [5, 5.41) is 7.39. The van der Waals surface area contributed by atoms with Gasteiger partial charge in [-0.1, -0.05) is 36.8 Å². The Hall–Kier alpha value is -0.900. The number of hydrogen-bond acceptors (Lipinski definition) is 3. The number of nitrogens with zero attached hydrogens (tertiary/aromatic N) is 1. The van der Waals surface area contributed by atoms with Crippen LogP contribution >= 0.6 is 0 Å². The van der Waals surface area contributed by atoms with Crippen LogP contribution in [0.1, 0.15) is 44.1 Å². The van der Waals surface area contributed by atoms with E-state index in [0.717, 1.165) is 18.5 Å². The second-order valence-corrected chi connectivity index (χ2v) is 7.37. The average molecular weight is 316 g/mol. The summed E-state index contributed by atoms with van der Waals surface area (Å²) in [6, 6.07) is 11.7. The zero-order valence-electron chi connectivity index (χ0n) is 14.5. The number of likely N-dealkylation sites (tertiary alicyclic amines) is 1. The molecule has 1 aromatic carbocycles. The zero-order valence-corrected chi connectivity index (χ0v) is 14.5. The normalized spacial score (nSPS) is 27.3. The lowest BCUT2D eigenvalue weighted by molar-refractivity contribution is 0.233. The van der Waals surface area contributed by atoms with Gasteiger partial charge in [-0.05, 0) is 69.8 Å². The molecule has 2 heterocycles. The number of benzene rings is 1. The molecule has 0 aromatic heterocycles. The maximum absolute atomic E-state index is 3.88. The first-order chi connectivity index (χ1) is 11.4. The van der Waals surface area contributed by atoms with E-state index in [4.69, 9.17) is 0 Å². The Morgan fingerprint density at radius 1 is 1.00 bits per heavy atom. The monoisotopic (exact) mass is 315 g/mol. The largest absolute Gasteiger partial charge is 0.317 e. The zero-order chi connectivity index (χ0) is 15.7. The molecule has 0 amide bonds. The predicted molar refractivity (Wildman–Crippen MR) is 97.6 cm³/mol. The molecule has 2 saturated heterocycles. The van der Waals surface area contributed by atoms with E-state index in [-0.39, 0.29) is 0 Å². The van der Waals surface area contributed by atoms with Crippen molar-refractivity contribution in [3.05, 3.63) is 35.9 Å². The molecule has 2 unspecified atom stereocenters. The van der Waals surface area contributed by atoms with Gasteiger partial charge in [0.15, 0.2) is 0 Å². The van der Waals surface area contributed by atoms with Gasteiger partial charge in [0.1, 0.15) is 0 Å². The van der Waals surface area contributed by atoms with Gasteiger partial charge in [-0.3, -0.25) is 4.90 Å². The fourth-order valence-electron chi connectivity index (χ4n) is 4.02. The van der Waals surface area contributed by atoms with E-state index in [1.54, 1.807) is 0 Å². The van der Waals surface area contributed by atoms with Gasteiger partial charge in [0.25, 0.3) is 0 Å². The van der Waals surface area contributed by atoms with Crippen LogP contribution in [0, 0.1) is 5.92 Å². The maximum Gasteiger partial charge on any atom is 0.0233 e. The molecular formula is C20H33N3. The van der Waals surface area contributed by atoms with Gasteiger partial charge in [-0.15, -0.1) is 0 Å². The molecule has 0 saturated carbocycles. The Kier molecular flexibility index (Phi) is 6.93. The number of rotatable bonds is 5. The second-order valence-electron chi connectivity index (χ2n) is 7.37. The lowest BCUT2D eigenvalue weighted by Crippen LogP contribution is -2.38. The van der Waals surface area contributed by atoms with Crippen LogP contribution in [0.3, 0.4) is 0 Å². The van der Waals surface area contributed by atoms with Crippen molar-refractivity contribution in [2.75, 3.05) is 32.7 Å². The number of nitrogens with one attached hydrogen (secondary N) is 2. The van der Waals surface area contributed by atoms with E-state index < -0.39 is 0 Å². The van der Waals surface area contributed by atoms with Gasteiger partial charge in [-0.2, -0.15) is 0 Å². The highest BCUT2D eigenvalue weighted by Gasteiger charge is 2.20. The standard InChI is InChI=1S/C20H33N3/c1-2-7-18(8-3-1)16-23-14-5-4-9-19(17-23)15-22-20-10-6-12-21-13-11-20/h1-3,7-8,19-22H,4-6,9-17H2. The van der Waals surface area contributed by atoms with Crippen LogP contribution in [0.2, 0.25) is 0 Å². The summed E-state index contributed by atoms with van der Waals surface area (Å²) in [5.41, 5.74) is 1.45. The third kappa shape index (κ3) is 5.91. The molecule has 2 aliphatic rings. The van der Waals surface area contributed by atoms with Gasteiger partial charge >= 0.3 is 0 Å². The summed E-state index contributed by atoms with van der Waals surface area (Å²) in [4.78, 5) is 2.67. The topological polar surface area (TPSA) is 27.3 Å². The first-order valence-electron chi connectivity index (χ1n) is 9.60. The van der Waals surface area contributed by atoms with Crippen molar-refractivity contribution < 1.29 is 0 Å². The highest BCUT2D eigenvalue weighted by atomic mass is 15.1. The fourth-order valence-corrected chi connectivity index (χ4v) is 4.02. The average Bonchev–Trinajstić information content (AvgIpc) is 2.97. The highest BCUT2D eigenvalue weighted by molar-refractivity contribution is 5.14. The molecule has 2 N–H and O–H groups in total. The van der Waals surface area contributed by atoms with Crippen LogP contribution in [0.4, 0.5) is 0 Å². The van der Waals surface area contributed by atoms with Crippen molar-refractivity contribution in [1.82, 2.24) is 15.5 Å². The minimum absolute atomic E-state index is 0.732.